The molecule has 5 heteroatoms. The summed E-state index contributed by atoms with van der Waals surface area (Å²) >= 11 is 0. The number of hydrogen-bond donors (Lipinski definition) is 1. The van der Waals surface area contributed by atoms with Gasteiger partial charge in [0, 0.05) is 18.3 Å². The van der Waals surface area contributed by atoms with Gasteiger partial charge in [-0.2, -0.15) is 0 Å². The molecule has 2 bridgehead atoms. The lowest BCUT2D eigenvalue weighted by Gasteiger charge is -2.39. The molecule has 2 aliphatic rings. The van der Waals surface area contributed by atoms with Crippen molar-refractivity contribution >= 4 is 5.91 Å². The third-order valence-corrected chi connectivity index (χ3v) is 7.18. The van der Waals surface area contributed by atoms with Gasteiger partial charge in [-0.25, -0.2) is 4.98 Å². The summed E-state index contributed by atoms with van der Waals surface area (Å²) in [7, 11) is 0. The minimum Gasteiger partial charge on any atom is -0.484 e. The molecule has 1 heterocycles. The van der Waals surface area contributed by atoms with Crippen LogP contribution < -0.4 is 14.8 Å². The molecular formula is C23H28N2O3. The maximum Gasteiger partial charge on any atom is 0.258 e. The van der Waals surface area contributed by atoms with Crippen LogP contribution in [0, 0.1) is 16.7 Å². The minimum atomic E-state index is -0.0524. The van der Waals surface area contributed by atoms with Gasteiger partial charge < -0.3 is 14.8 Å². The number of benzene rings is 1. The van der Waals surface area contributed by atoms with E-state index in [1.54, 1.807) is 36.5 Å². The second-order valence-electron chi connectivity index (χ2n) is 8.76. The first kappa shape index (κ1) is 18.8. The Morgan fingerprint density at radius 2 is 1.89 bits per heavy atom. The molecule has 0 aliphatic heterocycles. The SMILES string of the molecule is CC1(C)C2CCC1(C)C(NC(=O)COc1ccc(Oc3ccccn3)cc1)C2. The number of nitrogens with zero attached hydrogens (tertiary/aromatic N) is 1. The zero-order valence-corrected chi connectivity index (χ0v) is 16.8. The second-order valence-corrected chi connectivity index (χ2v) is 8.76. The number of pyridine rings is 1. The number of carbonyl (C=O) groups is 1. The van der Waals surface area contributed by atoms with Crippen LogP contribution in [0.2, 0.25) is 0 Å². The highest BCUT2D eigenvalue weighted by molar-refractivity contribution is 5.78. The predicted octanol–water partition coefficient (Wildman–Crippen LogP) is 4.58. The van der Waals surface area contributed by atoms with Gasteiger partial charge in [0.25, 0.3) is 5.91 Å². The van der Waals surface area contributed by atoms with E-state index in [0.29, 0.717) is 23.3 Å². The molecular weight excluding hydrogens is 352 g/mol. The molecule has 1 aromatic heterocycles. The van der Waals surface area contributed by atoms with Crippen molar-refractivity contribution in [2.75, 3.05) is 6.61 Å². The van der Waals surface area contributed by atoms with Gasteiger partial charge in [-0.1, -0.05) is 26.8 Å². The molecule has 5 nitrogen and oxygen atoms in total. The Bertz CT molecular complexity index is 835. The topological polar surface area (TPSA) is 60.5 Å². The van der Waals surface area contributed by atoms with Crippen molar-refractivity contribution in [1.29, 1.82) is 0 Å². The molecule has 0 radical (unpaired) electrons. The number of rotatable bonds is 6. The highest BCUT2D eigenvalue weighted by Crippen LogP contribution is 2.65. The van der Waals surface area contributed by atoms with Crippen LogP contribution in [0.1, 0.15) is 40.0 Å². The average molecular weight is 380 g/mol. The summed E-state index contributed by atoms with van der Waals surface area (Å²) < 4.78 is 11.3. The Labute approximate surface area is 166 Å². The first-order valence-corrected chi connectivity index (χ1v) is 9.99. The number of amides is 1. The molecule has 2 saturated carbocycles. The predicted molar refractivity (Wildman–Crippen MR) is 107 cm³/mol. The van der Waals surface area contributed by atoms with Gasteiger partial charge in [0.2, 0.25) is 5.88 Å². The molecule has 3 atom stereocenters. The normalized spacial score (nSPS) is 27.4. The quantitative estimate of drug-likeness (QED) is 0.797. The molecule has 148 valence electrons. The molecule has 2 aromatic rings. The summed E-state index contributed by atoms with van der Waals surface area (Å²) in [6.45, 7) is 7.05. The van der Waals surface area contributed by atoms with Gasteiger partial charge in [0.1, 0.15) is 11.5 Å². The van der Waals surface area contributed by atoms with E-state index >= 15 is 0 Å². The highest BCUT2D eigenvalue weighted by atomic mass is 16.5. The third kappa shape index (κ3) is 3.34. The molecule has 1 N–H and O–H groups in total. The first-order chi connectivity index (χ1) is 13.4. The summed E-state index contributed by atoms with van der Waals surface area (Å²) in [4.78, 5) is 16.6. The van der Waals surface area contributed by atoms with Gasteiger partial charge in [-0.3, -0.25) is 4.79 Å². The molecule has 28 heavy (non-hydrogen) atoms. The molecule has 2 aliphatic carbocycles. The molecule has 2 fully saturated rings. The monoisotopic (exact) mass is 380 g/mol. The van der Waals surface area contributed by atoms with E-state index < -0.39 is 0 Å². The minimum absolute atomic E-state index is 0.0259. The van der Waals surface area contributed by atoms with Gasteiger partial charge >= 0.3 is 0 Å². The van der Waals surface area contributed by atoms with Crippen molar-refractivity contribution in [2.45, 2.75) is 46.1 Å². The van der Waals surface area contributed by atoms with Crippen LogP contribution in [0.25, 0.3) is 0 Å². The van der Waals surface area contributed by atoms with Crippen molar-refractivity contribution in [3.8, 4) is 17.4 Å². The van der Waals surface area contributed by atoms with Crippen LogP contribution in [0.3, 0.4) is 0 Å². The van der Waals surface area contributed by atoms with Gasteiger partial charge in [-0.15, -0.1) is 0 Å². The molecule has 1 amide bonds. The summed E-state index contributed by atoms with van der Waals surface area (Å²) in [5.74, 6) is 2.51. The number of nitrogens with one attached hydrogen (secondary N) is 1. The van der Waals surface area contributed by atoms with E-state index in [-0.39, 0.29) is 29.4 Å². The van der Waals surface area contributed by atoms with Gasteiger partial charge in [-0.05, 0) is 66.3 Å². The maximum atomic E-state index is 12.4. The van der Waals surface area contributed by atoms with Crippen LogP contribution in [0.15, 0.2) is 48.7 Å². The number of ether oxygens (including phenoxy) is 2. The Hall–Kier alpha value is -2.56. The summed E-state index contributed by atoms with van der Waals surface area (Å²) in [5, 5.41) is 3.22. The standard InChI is InChI=1S/C23H28N2O3/c1-22(2)16-11-12-23(22,3)19(14-16)25-20(26)15-27-17-7-9-18(10-8-17)28-21-6-4-5-13-24-21/h4-10,13,16,19H,11-12,14-15H2,1-3H3,(H,25,26). The Kier molecular flexibility index (Phi) is 4.77. The zero-order valence-electron chi connectivity index (χ0n) is 16.8. The summed E-state index contributed by atoms with van der Waals surface area (Å²) in [6, 6.07) is 13.0. The largest absolute Gasteiger partial charge is 0.484 e. The molecule has 1 aromatic carbocycles. The molecule has 0 saturated heterocycles. The van der Waals surface area contributed by atoms with Gasteiger partial charge in [0.05, 0.1) is 0 Å². The van der Waals surface area contributed by atoms with E-state index in [9.17, 15) is 4.79 Å². The van der Waals surface area contributed by atoms with Crippen LogP contribution in [-0.2, 0) is 4.79 Å². The van der Waals surface area contributed by atoms with Crippen LogP contribution in [-0.4, -0.2) is 23.5 Å². The number of carbonyl (C=O) groups excluding carboxylic acids is 1. The Morgan fingerprint density at radius 3 is 2.50 bits per heavy atom. The van der Waals surface area contributed by atoms with Gasteiger partial charge in [0.15, 0.2) is 6.61 Å². The number of aromatic nitrogens is 1. The van der Waals surface area contributed by atoms with Crippen molar-refractivity contribution in [3.05, 3.63) is 48.7 Å². The lowest BCUT2D eigenvalue weighted by Crippen LogP contribution is -2.48. The fourth-order valence-corrected chi connectivity index (χ4v) is 4.94. The maximum absolute atomic E-state index is 12.4. The van der Waals surface area contributed by atoms with E-state index in [0.717, 1.165) is 6.42 Å². The van der Waals surface area contributed by atoms with E-state index in [2.05, 4.69) is 31.1 Å². The smallest absolute Gasteiger partial charge is 0.258 e. The van der Waals surface area contributed by atoms with Crippen LogP contribution in [0.4, 0.5) is 0 Å². The van der Waals surface area contributed by atoms with Crippen molar-refractivity contribution in [3.63, 3.8) is 0 Å². The van der Waals surface area contributed by atoms with E-state index in [1.807, 2.05) is 12.1 Å². The van der Waals surface area contributed by atoms with E-state index in [4.69, 9.17) is 9.47 Å². The fraction of sp³-hybridized carbons (Fsp3) is 0.478. The zero-order chi connectivity index (χ0) is 19.8. The van der Waals surface area contributed by atoms with Crippen LogP contribution >= 0.6 is 0 Å². The van der Waals surface area contributed by atoms with Crippen molar-refractivity contribution in [2.24, 2.45) is 16.7 Å². The average Bonchev–Trinajstić information content (AvgIpc) is 3.02. The van der Waals surface area contributed by atoms with Crippen LogP contribution in [0.5, 0.6) is 17.4 Å². The summed E-state index contributed by atoms with van der Waals surface area (Å²) in [5.41, 5.74) is 0.465. The van der Waals surface area contributed by atoms with Crippen molar-refractivity contribution in [1.82, 2.24) is 10.3 Å². The summed E-state index contributed by atoms with van der Waals surface area (Å²) in [6.07, 6.45) is 5.23. The van der Waals surface area contributed by atoms with Crippen molar-refractivity contribution < 1.29 is 14.3 Å². The first-order valence-electron chi connectivity index (χ1n) is 9.99. The fourth-order valence-electron chi connectivity index (χ4n) is 4.94. The highest BCUT2D eigenvalue weighted by Gasteiger charge is 2.61. The Morgan fingerprint density at radius 1 is 1.14 bits per heavy atom. The number of fused-ring (bicyclic) bond motifs is 2. The molecule has 3 unspecified atom stereocenters. The third-order valence-electron chi connectivity index (χ3n) is 7.18. The Balaban J connectivity index is 1.28. The van der Waals surface area contributed by atoms with E-state index in [1.165, 1.54) is 12.8 Å². The molecule has 4 rings (SSSR count). The second kappa shape index (κ2) is 7.12. The lowest BCUT2D eigenvalue weighted by atomic mass is 9.69. The lowest BCUT2D eigenvalue weighted by molar-refractivity contribution is -0.124. The number of hydrogen-bond acceptors (Lipinski definition) is 4. The molecule has 0 spiro atoms.